The van der Waals surface area contributed by atoms with E-state index in [0.29, 0.717) is 18.7 Å². The van der Waals surface area contributed by atoms with Crippen molar-refractivity contribution in [3.63, 3.8) is 0 Å². The zero-order valence-corrected chi connectivity index (χ0v) is 11.1. The lowest BCUT2D eigenvalue weighted by atomic mass is 10.2. The van der Waals surface area contributed by atoms with Crippen LogP contribution in [0.25, 0.3) is 0 Å². The van der Waals surface area contributed by atoms with Gasteiger partial charge >= 0.3 is 0 Å². The van der Waals surface area contributed by atoms with Crippen molar-refractivity contribution in [1.82, 2.24) is 0 Å². The predicted molar refractivity (Wildman–Crippen MR) is 70.7 cm³/mol. The molecule has 1 heterocycles. The summed E-state index contributed by atoms with van der Waals surface area (Å²) in [5.74, 6) is 4.78. The standard InChI is InChI=1S/C13H14FNO3S/c14-13-10-12(15-7-3-9-19(15,17)18)6-5-11(13)4-1-2-8-16/h5-6,10,16H,2-3,7-9H2. The van der Waals surface area contributed by atoms with Crippen molar-refractivity contribution in [2.45, 2.75) is 12.8 Å². The Bertz CT molecular complexity index is 631. The number of halogens is 1. The average Bonchev–Trinajstić information content (AvgIpc) is 2.71. The molecule has 0 radical (unpaired) electrons. The maximum atomic E-state index is 13.8. The number of aliphatic hydroxyl groups excluding tert-OH is 1. The zero-order valence-electron chi connectivity index (χ0n) is 10.3. The van der Waals surface area contributed by atoms with Crippen molar-refractivity contribution in [1.29, 1.82) is 0 Å². The van der Waals surface area contributed by atoms with Crippen molar-refractivity contribution < 1.29 is 17.9 Å². The average molecular weight is 283 g/mol. The summed E-state index contributed by atoms with van der Waals surface area (Å²) < 4.78 is 38.5. The molecular weight excluding hydrogens is 269 g/mol. The first kappa shape index (κ1) is 13.8. The fourth-order valence-corrected chi connectivity index (χ4v) is 3.46. The van der Waals surface area contributed by atoms with E-state index in [0.717, 1.165) is 0 Å². The van der Waals surface area contributed by atoms with Crippen LogP contribution in [0.4, 0.5) is 10.1 Å². The molecule has 19 heavy (non-hydrogen) atoms. The summed E-state index contributed by atoms with van der Waals surface area (Å²) in [5.41, 5.74) is 0.538. The number of aliphatic hydroxyl groups is 1. The number of anilines is 1. The summed E-state index contributed by atoms with van der Waals surface area (Å²) in [6, 6.07) is 4.20. The molecule has 0 bridgehead atoms. The number of nitrogens with zero attached hydrogens (tertiary/aromatic N) is 1. The molecule has 0 saturated carbocycles. The SMILES string of the molecule is O=S1(=O)CCCN1c1ccc(C#CCCO)c(F)c1. The van der Waals surface area contributed by atoms with Gasteiger partial charge < -0.3 is 5.11 Å². The first-order chi connectivity index (χ1) is 9.04. The van der Waals surface area contributed by atoms with Gasteiger partial charge in [0.05, 0.1) is 23.6 Å². The van der Waals surface area contributed by atoms with Gasteiger partial charge in [-0.1, -0.05) is 11.8 Å². The Kier molecular flexibility index (Phi) is 4.08. The Balaban J connectivity index is 2.27. The van der Waals surface area contributed by atoms with Crippen molar-refractivity contribution in [3.8, 4) is 11.8 Å². The maximum absolute atomic E-state index is 13.8. The molecule has 0 atom stereocenters. The Morgan fingerprint density at radius 2 is 2.21 bits per heavy atom. The number of rotatable bonds is 2. The topological polar surface area (TPSA) is 57.6 Å². The fraction of sp³-hybridized carbons (Fsp3) is 0.385. The van der Waals surface area contributed by atoms with Crippen LogP contribution in [-0.2, 0) is 10.0 Å². The van der Waals surface area contributed by atoms with Gasteiger partial charge in [0, 0.05) is 13.0 Å². The molecule has 1 aromatic rings. The predicted octanol–water partition coefficient (Wildman–Crippen LogP) is 1.10. The lowest BCUT2D eigenvalue weighted by Gasteiger charge is -2.16. The second kappa shape index (κ2) is 5.59. The quantitative estimate of drug-likeness (QED) is 0.827. The number of hydrogen-bond acceptors (Lipinski definition) is 3. The Morgan fingerprint density at radius 1 is 1.42 bits per heavy atom. The minimum Gasteiger partial charge on any atom is -0.395 e. The minimum atomic E-state index is -3.29. The third-order valence-electron chi connectivity index (χ3n) is 2.80. The highest BCUT2D eigenvalue weighted by Gasteiger charge is 2.28. The lowest BCUT2D eigenvalue weighted by molar-refractivity contribution is 0.305. The molecule has 0 unspecified atom stereocenters. The largest absolute Gasteiger partial charge is 0.395 e. The van der Waals surface area contributed by atoms with Gasteiger partial charge in [-0.3, -0.25) is 4.31 Å². The van der Waals surface area contributed by atoms with Crippen LogP contribution in [0.1, 0.15) is 18.4 Å². The number of benzene rings is 1. The highest BCUT2D eigenvalue weighted by atomic mass is 32.2. The van der Waals surface area contributed by atoms with Crippen LogP contribution in [0.2, 0.25) is 0 Å². The van der Waals surface area contributed by atoms with Crippen LogP contribution >= 0.6 is 0 Å². The first-order valence-corrected chi connectivity index (χ1v) is 7.55. The van der Waals surface area contributed by atoms with Crippen LogP contribution in [0.3, 0.4) is 0 Å². The van der Waals surface area contributed by atoms with Crippen molar-refractivity contribution in [3.05, 3.63) is 29.6 Å². The summed E-state index contributed by atoms with van der Waals surface area (Å²) in [4.78, 5) is 0. The van der Waals surface area contributed by atoms with Gasteiger partial charge in [0.15, 0.2) is 0 Å². The molecule has 0 aromatic heterocycles. The van der Waals surface area contributed by atoms with Crippen molar-refractivity contribution in [2.24, 2.45) is 0 Å². The highest BCUT2D eigenvalue weighted by Crippen LogP contribution is 2.25. The van der Waals surface area contributed by atoms with Crippen LogP contribution in [0.15, 0.2) is 18.2 Å². The van der Waals surface area contributed by atoms with E-state index in [-0.39, 0.29) is 24.3 Å². The molecule has 0 aliphatic carbocycles. The highest BCUT2D eigenvalue weighted by molar-refractivity contribution is 7.93. The van der Waals surface area contributed by atoms with Crippen LogP contribution < -0.4 is 4.31 Å². The smallest absolute Gasteiger partial charge is 0.235 e. The number of hydrogen-bond donors (Lipinski definition) is 1. The van der Waals surface area contributed by atoms with Gasteiger partial charge in [0.2, 0.25) is 10.0 Å². The van der Waals surface area contributed by atoms with E-state index in [9.17, 15) is 12.8 Å². The van der Waals surface area contributed by atoms with Gasteiger partial charge in [0.25, 0.3) is 0 Å². The van der Waals surface area contributed by atoms with Crippen molar-refractivity contribution >= 4 is 15.7 Å². The van der Waals surface area contributed by atoms with Gasteiger partial charge in [-0.2, -0.15) is 0 Å². The molecule has 1 saturated heterocycles. The lowest BCUT2D eigenvalue weighted by Crippen LogP contribution is -2.25. The van der Waals surface area contributed by atoms with E-state index in [4.69, 9.17) is 5.11 Å². The molecule has 4 nitrogen and oxygen atoms in total. The van der Waals surface area contributed by atoms with E-state index < -0.39 is 15.8 Å². The van der Waals surface area contributed by atoms with E-state index in [1.165, 1.54) is 16.4 Å². The van der Waals surface area contributed by atoms with Gasteiger partial charge in [-0.25, -0.2) is 12.8 Å². The second-order valence-electron chi connectivity index (χ2n) is 4.18. The third kappa shape index (κ3) is 3.06. The summed E-state index contributed by atoms with van der Waals surface area (Å²) >= 11 is 0. The number of sulfonamides is 1. The van der Waals surface area contributed by atoms with E-state index in [2.05, 4.69) is 11.8 Å². The van der Waals surface area contributed by atoms with Crippen LogP contribution in [0.5, 0.6) is 0 Å². The molecule has 1 aliphatic rings. The Morgan fingerprint density at radius 3 is 2.79 bits per heavy atom. The van der Waals surface area contributed by atoms with Gasteiger partial charge in [-0.15, -0.1) is 0 Å². The van der Waals surface area contributed by atoms with Crippen LogP contribution in [0, 0.1) is 17.7 Å². The molecule has 1 N–H and O–H groups in total. The minimum absolute atomic E-state index is 0.0707. The molecular formula is C13H14FNO3S. The summed E-state index contributed by atoms with van der Waals surface area (Å²) in [5, 5.41) is 8.59. The van der Waals surface area contributed by atoms with Gasteiger partial charge in [0.1, 0.15) is 5.82 Å². The molecule has 1 aliphatic heterocycles. The molecule has 1 fully saturated rings. The second-order valence-corrected chi connectivity index (χ2v) is 6.19. The Labute approximate surface area is 111 Å². The van der Waals surface area contributed by atoms with E-state index >= 15 is 0 Å². The monoisotopic (exact) mass is 283 g/mol. The molecule has 1 aromatic carbocycles. The molecule has 0 spiro atoms. The van der Waals surface area contributed by atoms with Crippen molar-refractivity contribution in [2.75, 3.05) is 23.2 Å². The molecule has 6 heteroatoms. The zero-order chi connectivity index (χ0) is 13.9. The summed E-state index contributed by atoms with van der Waals surface area (Å²) in [7, 11) is -3.29. The van der Waals surface area contributed by atoms with E-state index in [1.54, 1.807) is 6.07 Å². The summed E-state index contributed by atoms with van der Waals surface area (Å²) in [6.07, 6.45) is 0.837. The first-order valence-electron chi connectivity index (χ1n) is 5.94. The fourth-order valence-electron chi connectivity index (χ4n) is 1.90. The molecule has 102 valence electrons. The normalized spacial score (nSPS) is 17.1. The van der Waals surface area contributed by atoms with Gasteiger partial charge in [-0.05, 0) is 24.6 Å². The molecule has 0 amide bonds. The van der Waals surface area contributed by atoms with E-state index in [1.807, 2.05) is 0 Å². The molecule has 2 rings (SSSR count). The summed E-state index contributed by atoms with van der Waals surface area (Å²) in [6.45, 7) is 0.316. The third-order valence-corrected chi connectivity index (χ3v) is 4.67. The Hall–Kier alpha value is -1.58. The maximum Gasteiger partial charge on any atom is 0.235 e. The van der Waals surface area contributed by atoms with Crippen LogP contribution in [-0.4, -0.2) is 32.4 Å².